The zero-order valence-electron chi connectivity index (χ0n) is 14.0. The molecule has 1 aromatic carbocycles. The molecule has 0 heterocycles. The van der Waals surface area contributed by atoms with Crippen molar-refractivity contribution in [1.82, 2.24) is 5.43 Å². The number of phenolic OH excluding ortho intramolecular Hbond substituents is 1. The molecule has 0 bridgehead atoms. The molecule has 0 atom stereocenters. The fraction of sp³-hybridized carbons (Fsp3) is 0.632. The van der Waals surface area contributed by atoms with Crippen molar-refractivity contribution < 1.29 is 9.90 Å². The average molecular weight is 318 g/mol. The van der Waals surface area contributed by atoms with Gasteiger partial charge in [0.15, 0.2) is 0 Å². The maximum absolute atomic E-state index is 11.8. The first-order valence-corrected chi connectivity index (χ1v) is 9.06. The molecular formula is C19H30N2O2. The molecule has 0 aromatic heterocycles. The summed E-state index contributed by atoms with van der Waals surface area (Å²) in [5.41, 5.74) is 3.53. The van der Waals surface area contributed by atoms with E-state index in [2.05, 4.69) is 5.43 Å². The lowest BCUT2D eigenvalue weighted by atomic mass is 9.86. The van der Waals surface area contributed by atoms with Gasteiger partial charge in [0.1, 0.15) is 5.75 Å². The van der Waals surface area contributed by atoms with Crippen molar-refractivity contribution in [3.05, 3.63) is 29.3 Å². The number of carbonyl (C=O) groups excluding carboxylic acids is 1. The van der Waals surface area contributed by atoms with Crippen LogP contribution in [0.4, 0.5) is 0 Å². The maximum Gasteiger partial charge on any atom is 0.268 e. The van der Waals surface area contributed by atoms with E-state index in [1.54, 1.807) is 6.07 Å². The van der Waals surface area contributed by atoms with E-state index in [0.29, 0.717) is 5.92 Å². The SMILES string of the molecule is NNC(=O)c1cc(C2CCCCCCCCCCC2)ccc1O. The lowest BCUT2D eigenvalue weighted by molar-refractivity contribution is 0.0951. The molecule has 4 nitrogen and oxygen atoms in total. The van der Waals surface area contributed by atoms with Gasteiger partial charge in [0.2, 0.25) is 0 Å². The summed E-state index contributed by atoms with van der Waals surface area (Å²) in [6.45, 7) is 0. The first-order chi connectivity index (χ1) is 11.2. The van der Waals surface area contributed by atoms with E-state index in [4.69, 9.17) is 5.84 Å². The number of hydrogen-bond donors (Lipinski definition) is 3. The highest BCUT2D eigenvalue weighted by molar-refractivity contribution is 5.96. The zero-order valence-corrected chi connectivity index (χ0v) is 14.0. The summed E-state index contributed by atoms with van der Waals surface area (Å²) < 4.78 is 0. The number of aromatic hydroxyl groups is 1. The van der Waals surface area contributed by atoms with E-state index in [9.17, 15) is 9.90 Å². The van der Waals surface area contributed by atoms with E-state index < -0.39 is 5.91 Å². The molecule has 23 heavy (non-hydrogen) atoms. The quantitative estimate of drug-likeness (QED) is 0.430. The monoisotopic (exact) mass is 318 g/mol. The van der Waals surface area contributed by atoms with E-state index in [1.165, 1.54) is 57.8 Å². The predicted molar refractivity (Wildman–Crippen MR) is 93.3 cm³/mol. The van der Waals surface area contributed by atoms with Gasteiger partial charge in [-0.25, -0.2) is 5.84 Å². The number of phenols is 1. The normalized spacial score (nSPS) is 18.7. The van der Waals surface area contributed by atoms with E-state index in [1.807, 2.05) is 12.1 Å². The molecule has 1 saturated carbocycles. The first kappa shape index (κ1) is 17.8. The smallest absolute Gasteiger partial charge is 0.268 e. The zero-order chi connectivity index (χ0) is 16.5. The van der Waals surface area contributed by atoms with Crippen LogP contribution in [-0.2, 0) is 0 Å². The van der Waals surface area contributed by atoms with Crippen LogP contribution in [0.3, 0.4) is 0 Å². The Hall–Kier alpha value is -1.55. The van der Waals surface area contributed by atoms with Crippen LogP contribution in [0.25, 0.3) is 0 Å². The minimum absolute atomic E-state index is 0.00939. The van der Waals surface area contributed by atoms with E-state index in [0.717, 1.165) is 18.4 Å². The van der Waals surface area contributed by atoms with Crippen LogP contribution in [0.1, 0.15) is 92.5 Å². The number of nitrogens with one attached hydrogen (secondary N) is 1. The summed E-state index contributed by atoms with van der Waals surface area (Å²) >= 11 is 0. The molecule has 1 amide bonds. The number of carbonyl (C=O) groups is 1. The van der Waals surface area contributed by atoms with Crippen molar-refractivity contribution in [2.45, 2.75) is 76.5 Å². The third-order valence-electron chi connectivity index (χ3n) is 4.97. The molecule has 4 heteroatoms. The van der Waals surface area contributed by atoms with Crippen LogP contribution < -0.4 is 11.3 Å². The van der Waals surface area contributed by atoms with E-state index in [-0.39, 0.29) is 11.3 Å². The van der Waals surface area contributed by atoms with Crippen LogP contribution in [0.5, 0.6) is 5.75 Å². The van der Waals surface area contributed by atoms with Crippen LogP contribution in [0.15, 0.2) is 18.2 Å². The first-order valence-electron chi connectivity index (χ1n) is 9.06. The van der Waals surface area contributed by atoms with Gasteiger partial charge < -0.3 is 5.11 Å². The van der Waals surface area contributed by atoms with Gasteiger partial charge in [-0.15, -0.1) is 0 Å². The van der Waals surface area contributed by atoms with Crippen molar-refractivity contribution in [3.8, 4) is 5.75 Å². The highest BCUT2D eigenvalue weighted by atomic mass is 16.3. The number of nitrogen functional groups attached to an aromatic ring is 1. The number of amides is 1. The minimum atomic E-state index is -0.433. The molecule has 0 aliphatic heterocycles. The summed E-state index contributed by atoms with van der Waals surface area (Å²) in [6, 6.07) is 5.39. The molecule has 4 N–H and O–H groups in total. The van der Waals surface area contributed by atoms with Gasteiger partial charge in [0, 0.05) is 0 Å². The third kappa shape index (κ3) is 5.54. The lowest BCUT2D eigenvalue weighted by Crippen LogP contribution is -2.30. The standard InChI is InChI=1S/C19H30N2O2/c20-21-19(23)17-14-16(12-13-18(17)22)15-10-8-6-4-2-1-3-5-7-9-11-15/h12-15,22H,1-11,20H2,(H,21,23). The molecule has 0 saturated heterocycles. The van der Waals surface area contributed by atoms with Gasteiger partial charge in [-0.2, -0.15) is 0 Å². The molecular weight excluding hydrogens is 288 g/mol. The summed E-state index contributed by atoms with van der Waals surface area (Å²) in [6.07, 6.45) is 14.2. The Bertz CT molecular complexity index is 490. The Kier molecular flexibility index (Phi) is 7.40. The molecule has 1 aliphatic rings. The molecule has 128 valence electrons. The number of nitrogens with two attached hydrogens (primary N) is 1. The number of hydrazine groups is 1. The van der Waals surface area contributed by atoms with Crippen LogP contribution >= 0.6 is 0 Å². The second-order valence-electron chi connectivity index (χ2n) is 6.71. The molecule has 1 fully saturated rings. The molecule has 0 spiro atoms. The minimum Gasteiger partial charge on any atom is -0.507 e. The third-order valence-corrected chi connectivity index (χ3v) is 4.97. The van der Waals surface area contributed by atoms with Crippen molar-refractivity contribution >= 4 is 5.91 Å². The summed E-state index contributed by atoms with van der Waals surface area (Å²) in [5, 5.41) is 9.87. The second-order valence-corrected chi connectivity index (χ2v) is 6.71. The van der Waals surface area contributed by atoms with Crippen molar-refractivity contribution in [3.63, 3.8) is 0 Å². The van der Waals surface area contributed by atoms with Crippen molar-refractivity contribution in [2.24, 2.45) is 5.84 Å². The van der Waals surface area contributed by atoms with Gasteiger partial charge in [0.25, 0.3) is 5.91 Å². The fourth-order valence-corrected chi connectivity index (χ4v) is 3.56. The highest BCUT2D eigenvalue weighted by Gasteiger charge is 2.16. The Morgan fingerprint density at radius 2 is 1.48 bits per heavy atom. The van der Waals surface area contributed by atoms with Gasteiger partial charge >= 0.3 is 0 Å². The number of rotatable bonds is 2. The lowest BCUT2D eigenvalue weighted by Gasteiger charge is -2.19. The Labute approximate surface area is 139 Å². The van der Waals surface area contributed by atoms with E-state index >= 15 is 0 Å². The summed E-state index contributed by atoms with van der Waals surface area (Å²) in [5.74, 6) is 5.24. The van der Waals surface area contributed by atoms with Gasteiger partial charge in [-0.05, 0) is 36.5 Å². The summed E-state index contributed by atoms with van der Waals surface area (Å²) in [4.78, 5) is 11.8. The Balaban J connectivity index is 2.10. The van der Waals surface area contributed by atoms with Gasteiger partial charge in [-0.3, -0.25) is 10.2 Å². The van der Waals surface area contributed by atoms with Crippen LogP contribution in [0.2, 0.25) is 0 Å². The average Bonchev–Trinajstić information content (AvgIpc) is 2.55. The molecule has 0 radical (unpaired) electrons. The van der Waals surface area contributed by atoms with Gasteiger partial charge in [0.05, 0.1) is 5.56 Å². The topological polar surface area (TPSA) is 75.3 Å². The highest BCUT2D eigenvalue weighted by Crippen LogP contribution is 2.32. The molecule has 1 aromatic rings. The maximum atomic E-state index is 11.8. The Morgan fingerprint density at radius 1 is 0.957 bits per heavy atom. The fourth-order valence-electron chi connectivity index (χ4n) is 3.56. The van der Waals surface area contributed by atoms with Crippen LogP contribution in [0, 0.1) is 0 Å². The van der Waals surface area contributed by atoms with Gasteiger partial charge in [-0.1, -0.05) is 63.9 Å². The molecule has 0 unspecified atom stereocenters. The predicted octanol–water partition coefficient (Wildman–Crippen LogP) is 4.38. The second kappa shape index (κ2) is 9.56. The Morgan fingerprint density at radius 3 is 2.00 bits per heavy atom. The van der Waals surface area contributed by atoms with Crippen LogP contribution in [-0.4, -0.2) is 11.0 Å². The van der Waals surface area contributed by atoms with Crippen molar-refractivity contribution in [2.75, 3.05) is 0 Å². The summed E-state index contributed by atoms with van der Waals surface area (Å²) in [7, 11) is 0. The van der Waals surface area contributed by atoms with Crippen molar-refractivity contribution in [1.29, 1.82) is 0 Å². The molecule has 2 rings (SSSR count). The number of hydrogen-bond acceptors (Lipinski definition) is 3. The molecule has 1 aliphatic carbocycles. The largest absolute Gasteiger partial charge is 0.507 e. The number of benzene rings is 1.